The number of benzene rings is 1. The van der Waals surface area contributed by atoms with Gasteiger partial charge in [-0.05, 0) is 25.0 Å². The Bertz CT molecular complexity index is 568. The summed E-state index contributed by atoms with van der Waals surface area (Å²) in [6, 6.07) is 10.6. The van der Waals surface area contributed by atoms with E-state index in [1.54, 1.807) is 7.11 Å². The van der Waals surface area contributed by atoms with E-state index in [4.69, 9.17) is 4.74 Å². The number of methoxy groups -OCH3 is 1. The zero-order valence-electron chi connectivity index (χ0n) is 13.2. The van der Waals surface area contributed by atoms with Gasteiger partial charge in [-0.3, -0.25) is 0 Å². The van der Waals surface area contributed by atoms with Gasteiger partial charge in [0.1, 0.15) is 17.9 Å². The normalized spacial score (nSPS) is 34.5. The van der Waals surface area contributed by atoms with Gasteiger partial charge in [-0.2, -0.15) is 5.26 Å². The highest BCUT2D eigenvalue weighted by molar-refractivity contribution is 5.36. The number of nitriles is 1. The zero-order chi connectivity index (χ0) is 15.6. The monoisotopic (exact) mass is 301 g/mol. The molecule has 1 aliphatic carbocycles. The van der Waals surface area contributed by atoms with E-state index in [-0.39, 0.29) is 12.0 Å². The van der Waals surface area contributed by atoms with Crippen molar-refractivity contribution in [2.75, 3.05) is 20.2 Å². The van der Waals surface area contributed by atoms with Crippen LogP contribution in [-0.2, 0) is 0 Å². The molecule has 0 spiro atoms. The van der Waals surface area contributed by atoms with Crippen LogP contribution in [-0.4, -0.2) is 30.9 Å². The number of rotatable bonds is 3. The van der Waals surface area contributed by atoms with E-state index >= 15 is 0 Å². The molecule has 0 radical (unpaired) electrons. The lowest BCUT2D eigenvalue weighted by Gasteiger charge is -2.49. The third-order valence-corrected chi connectivity index (χ3v) is 5.57. The molecule has 1 saturated heterocycles. The number of hydrogen-bond acceptors (Lipinski definition) is 3. The Morgan fingerprint density at radius 3 is 2.95 bits per heavy atom. The number of piperidine rings is 1. The molecule has 1 aliphatic heterocycles. The lowest BCUT2D eigenvalue weighted by Crippen LogP contribution is -3.15. The van der Waals surface area contributed by atoms with Gasteiger partial charge in [0.25, 0.3) is 0 Å². The highest BCUT2D eigenvalue weighted by Gasteiger charge is 2.52. The van der Waals surface area contributed by atoms with Gasteiger partial charge in [-0.15, -0.1) is 0 Å². The Labute approximate surface area is 132 Å². The summed E-state index contributed by atoms with van der Waals surface area (Å²) >= 11 is 0. The van der Waals surface area contributed by atoms with Gasteiger partial charge in [0, 0.05) is 12.3 Å². The number of nitrogens with one attached hydrogen (secondary N) is 1. The Morgan fingerprint density at radius 2 is 2.18 bits per heavy atom. The summed E-state index contributed by atoms with van der Waals surface area (Å²) in [6.45, 7) is 1.33. The van der Waals surface area contributed by atoms with Crippen molar-refractivity contribution < 1.29 is 14.7 Å². The highest BCUT2D eigenvalue weighted by atomic mass is 16.5. The lowest BCUT2D eigenvalue weighted by atomic mass is 9.66. The molecular formula is C18H25N2O2+. The van der Waals surface area contributed by atoms with E-state index in [9.17, 15) is 10.4 Å². The molecule has 118 valence electrons. The van der Waals surface area contributed by atoms with Crippen LogP contribution in [0.4, 0.5) is 0 Å². The highest BCUT2D eigenvalue weighted by Crippen LogP contribution is 2.45. The number of fused-ring (bicyclic) bond motifs is 1. The maximum Gasteiger partial charge on any atom is 0.165 e. The van der Waals surface area contributed by atoms with Crippen molar-refractivity contribution in [3.8, 4) is 11.8 Å². The fraction of sp³-hybridized carbons (Fsp3) is 0.611. The first-order chi connectivity index (χ1) is 10.7. The van der Waals surface area contributed by atoms with Gasteiger partial charge in [0.05, 0.1) is 24.8 Å². The van der Waals surface area contributed by atoms with Crippen LogP contribution in [0, 0.1) is 17.2 Å². The fourth-order valence-electron chi connectivity index (χ4n) is 4.51. The van der Waals surface area contributed by atoms with Crippen molar-refractivity contribution in [2.45, 2.75) is 43.7 Å². The Hall–Kier alpha value is -1.57. The molecule has 3 rings (SSSR count). The van der Waals surface area contributed by atoms with Crippen LogP contribution in [0.15, 0.2) is 24.3 Å². The largest absolute Gasteiger partial charge is 0.496 e. The molecule has 1 aromatic rings. The minimum atomic E-state index is -0.567. The molecule has 4 nitrogen and oxygen atoms in total. The number of para-hydroxylation sites is 1. The smallest absolute Gasteiger partial charge is 0.165 e. The molecule has 2 aliphatic rings. The first-order valence-corrected chi connectivity index (χ1v) is 8.26. The van der Waals surface area contributed by atoms with Gasteiger partial charge in [-0.1, -0.05) is 25.0 Å². The summed E-state index contributed by atoms with van der Waals surface area (Å²) in [7, 11) is 1.69. The fourth-order valence-corrected chi connectivity index (χ4v) is 4.51. The summed E-state index contributed by atoms with van der Waals surface area (Å²) in [5, 5.41) is 20.3. The van der Waals surface area contributed by atoms with E-state index in [2.05, 4.69) is 12.1 Å². The molecule has 2 N–H and O–H groups in total. The first kappa shape index (κ1) is 15.3. The van der Waals surface area contributed by atoms with Crippen LogP contribution in [0.5, 0.6) is 5.75 Å². The second kappa shape index (κ2) is 6.28. The second-order valence-corrected chi connectivity index (χ2v) is 6.67. The van der Waals surface area contributed by atoms with Crippen LogP contribution in [0.3, 0.4) is 0 Å². The van der Waals surface area contributed by atoms with Crippen LogP contribution >= 0.6 is 0 Å². The van der Waals surface area contributed by atoms with Crippen molar-refractivity contribution in [3.63, 3.8) is 0 Å². The quantitative estimate of drug-likeness (QED) is 0.831. The van der Waals surface area contributed by atoms with E-state index in [0.29, 0.717) is 6.54 Å². The molecule has 4 atom stereocenters. The van der Waals surface area contributed by atoms with E-state index in [1.807, 2.05) is 18.2 Å². The average molecular weight is 301 g/mol. The van der Waals surface area contributed by atoms with Gasteiger partial charge in [0.2, 0.25) is 0 Å². The van der Waals surface area contributed by atoms with Crippen molar-refractivity contribution in [3.05, 3.63) is 29.8 Å². The maximum absolute atomic E-state index is 11.1. The number of ether oxygens (including phenoxy) is 1. The van der Waals surface area contributed by atoms with Crippen LogP contribution < -0.4 is 9.64 Å². The first-order valence-electron chi connectivity index (χ1n) is 8.26. The van der Waals surface area contributed by atoms with Crippen molar-refractivity contribution >= 4 is 0 Å². The number of hydrogen-bond donors (Lipinski definition) is 2. The van der Waals surface area contributed by atoms with Crippen LogP contribution in [0.1, 0.15) is 43.7 Å². The molecular weight excluding hydrogens is 276 g/mol. The van der Waals surface area contributed by atoms with Gasteiger partial charge < -0.3 is 14.7 Å². The van der Waals surface area contributed by atoms with Crippen LogP contribution in [0.25, 0.3) is 0 Å². The SMILES string of the molecule is COc1ccccc1[C@@H]1[C@@H]2CCCC[C@]2(O)CC[NH+]1CC#N. The average Bonchev–Trinajstić information content (AvgIpc) is 2.55. The van der Waals surface area contributed by atoms with Crippen molar-refractivity contribution in [1.82, 2.24) is 0 Å². The third kappa shape index (κ3) is 2.60. The summed E-state index contributed by atoms with van der Waals surface area (Å²) in [4.78, 5) is 1.27. The maximum atomic E-state index is 11.1. The van der Waals surface area contributed by atoms with E-state index in [0.717, 1.165) is 43.5 Å². The minimum Gasteiger partial charge on any atom is -0.496 e. The van der Waals surface area contributed by atoms with Gasteiger partial charge in [-0.25, -0.2) is 0 Å². The Balaban J connectivity index is 2.03. The molecule has 1 unspecified atom stereocenters. The number of quaternary nitrogens is 1. The molecule has 1 heterocycles. The van der Waals surface area contributed by atoms with E-state index < -0.39 is 5.60 Å². The summed E-state index contributed by atoms with van der Waals surface area (Å²) in [5.41, 5.74) is 0.572. The van der Waals surface area contributed by atoms with Crippen LogP contribution in [0.2, 0.25) is 0 Å². The molecule has 1 aromatic carbocycles. The Morgan fingerprint density at radius 1 is 1.36 bits per heavy atom. The van der Waals surface area contributed by atoms with Crippen molar-refractivity contribution in [2.24, 2.45) is 5.92 Å². The summed E-state index contributed by atoms with van der Waals surface area (Å²) in [5.74, 6) is 1.09. The molecule has 0 amide bonds. The minimum absolute atomic E-state index is 0.148. The number of likely N-dealkylation sites (tertiary alicyclic amines) is 1. The van der Waals surface area contributed by atoms with Gasteiger partial charge >= 0.3 is 0 Å². The molecule has 22 heavy (non-hydrogen) atoms. The topological polar surface area (TPSA) is 57.7 Å². The zero-order valence-corrected chi connectivity index (χ0v) is 13.2. The Kier molecular flexibility index (Phi) is 4.37. The molecule has 1 saturated carbocycles. The molecule has 4 heteroatoms. The predicted molar refractivity (Wildman–Crippen MR) is 83.6 cm³/mol. The molecule has 0 aromatic heterocycles. The number of aliphatic hydroxyl groups is 1. The number of nitrogens with zero attached hydrogens (tertiary/aromatic N) is 1. The van der Waals surface area contributed by atoms with Crippen molar-refractivity contribution in [1.29, 1.82) is 5.26 Å². The molecule has 2 fully saturated rings. The second-order valence-electron chi connectivity index (χ2n) is 6.67. The summed E-state index contributed by atoms with van der Waals surface area (Å²) < 4.78 is 5.56. The third-order valence-electron chi connectivity index (χ3n) is 5.57. The predicted octanol–water partition coefficient (Wildman–Crippen LogP) is 1.47. The lowest BCUT2D eigenvalue weighted by molar-refractivity contribution is -0.938. The molecule has 0 bridgehead atoms. The summed E-state index contributed by atoms with van der Waals surface area (Å²) in [6.07, 6.45) is 5.01. The standard InChI is InChI=1S/C18H24N2O2/c1-22-16-8-3-2-6-14(16)17-15-7-4-5-9-18(15,21)10-12-20(17)13-11-19/h2-3,6,8,15,17,21H,4-5,7,9-10,12-13H2,1H3/p+1/t15-,17+,18-/m0/s1. The van der Waals surface area contributed by atoms with E-state index in [1.165, 1.54) is 11.3 Å². The van der Waals surface area contributed by atoms with Gasteiger partial charge in [0.15, 0.2) is 6.54 Å².